The van der Waals surface area contributed by atoms with Gasteiger partial charge in [-0.15, -0.1) is 0 Å². The van der Waals surface area contributed by atoms with E-state index >= 15 is 0 Å². The highest BCUT2D eigenvalue weighted by atomic mass is 79.9. The van der Waals surface area contributed by atoms with Crippen LogP contribution in [-0.4, -0.2) is 10.9 Å². The number of halogens is 1. The van der Waals surface area contributed by atoms with E-state index in [2.05, 4.69) is 21.2 Å². The van der Waals surface area contributed by atoms with Crippen LogP contribution in [0.3, 0.4) is 0 Å². The maximum Gasteiger partial charge on any atom is 0.187 e. The fourth-order valence-corrected chi connectivity index (χ4v) is 2.12. The number of hydrogen-bond donors (Lipinski definition) is 2. The number of ketones is 1. The molecule has 0 aliphatic heterocycles. The van der Waals surface area contributed by atoms with E-state index in [0.717, 1.165) is 15.9 Å². The Morgan fingerprint density at radius 1 is 1.24 bits per heavy atom. The summed E-state index contributed by atoms with van der Waals surface area (Å²) in [4.78, 5) is 12.2. The molecular weight excluding hydrogens is 330 g/mol. The van der Waals surface area contributed by atoms with Crippen molar-refractivity contribution in [2.75, 3.05) is 5.32 Å². The molecule has 0 aliphatic rings. The Morgan fingerprint density at radius 3 is 2.57 bits per heavy atom. The third kappa shape index (κ3) is 4.46. The summed E-state index contributed by atoms with van der Waals surface area (Å²) in [5.74, 6) is 0.140. The summed E-state index contributed by atoms with van der Waals surface area (Å²) < 4.78 is 0.941. The van der Waals surface area contributed by atoms with Gasteiger partial charge in [-0.3, -0.25) is 4.79 Å². The fourth-order valence-electron chi connectivity index (χ4n) is 1.85. The smallest absolute Gasteiger partial charge is 0.187 e. The van der Waals surface area contributed by atoms with E-state index < -0.39 is 0 Å². The van der Waals surface area contributed by atoms with Crippen molar-refractivity contribution in [3.8, 4) is 5.75 Å². The van der Waals surface area contributed by atoms with E-state index in [1.54, 1.807) is 36.4 Å². The van der Waals surface area contributed by atoms with E-state index in [9.17, 15) is 9.90 Å². The van der Waals surface area contributed by atoms with Gasteiger partial charge < -0.3 is 10.4 Å². The van der Waals surface area contributed by atoms with Crippen LogP contribution in [0.2, 0.25) is 0 Å². The molecule has 2 aromatic carbocycles. The normalized spacial score (nSPS) is 11.2. The minimum absolute atomic E-state index is 0.0491. The topological polar surface area (TPSA) is 49.3 Å². The molecule has 2 rings (SSSR count). The molecule has 0 saturated heterocycles. The Morgan fingerprint density at radius 2 is 1.95 bits per heavy atom. The van der Waals surface area contributed by atoms with Gasteiger partial charge in [-0.1, -0.05) is 28.9 Å². The second kappa shape index (κ2) is 7.09. The molecule has 0 bridgehead atoms. The van der Waals surface area contributed by atoms with Gasteiger partial charge in [-0.05, 0) is 42.8 Å². The van der Waals surface area contributed by atoms with E-state index in [4.69, 9.17) is 0 Å². The number of carbonyl (C=O) groups excluding carboxylic acids is 1. The molecule has 0 heterocycles. The van der Waals surface area contributed by atoms with Crippen molar-refractivity contribution < 1.29 is 9.90 Å². The van der Waals surface area contributed by atoms with Crippen molar-refractivity contribution in [2.45, 2.75) is 13.3 Å². The van der Waals surface area contributed by atoms with E-state index in [-0.39, 0.29) is 11.5 Å². The standard InChI is InChI=1S/C17H16BrNO2/c1-2-14(19-15-4-3-5-16(20)10-15)11-17(21)12-6-8-13(18)9-7-12/h3-11,19-20H,2H2,1H3/b14-11+. The second-order valence-electron chi connectivity index (χ2n) is 4.57. The first-order valence-electron chi connectivity index (χ1n) is 6.65. The molecule has 0 aliphatic carbocycles. The zero-order chi connectivity index (χ0) is 15.2. The van der Waals surface area contributed by atoms with Gasteiger partial charge in [0.1, 0.15) is 5.75 Å². The number of carbonyl (C=O) groups is 1. The van der Waals surface area contributed by atoms with Crippen molar-refractivity contribution in [2.24, 2.45) is 0 Å². The highest BCUT2D eigenvalue weighted by Crippen LogP contribution is 2.19. The molecule has 0 saturated carbocycles. The molecule has 0 spiro atoms. The van der Waals surface area contributed by atoms with Gasteiger partial charge in [0.25, 0.3) is 0 Å². The maximum absolute atomic E-state index is 12.2. The van der Waals surface area contributed by atoms with Crippen LogP contribution in [0, 0.1) is 0 Å². The second-order valence-corrected chi connectivity index (χ2v) is 5.49. The van der Waals surface area contributed by atoms with Gasteiger partial charge in [-0.25, -0.2) is 0 Å². The zero-order valence-corrected chi connectivity index (χ0v) is 13.2. The monoisotopic (exact) mass is 345 g/mol. The largest absolute Gasteiger partial charge is 0.508 e. The minimum atomic E-state index is -0.0491. The summed E-state index contributed by atoms with van der Waals surface area (Å²) in [6.07, 6.45) is 2.28. The lowest BCUT2D eigenvalue weighted by Gasteiger charge is -2.09. The van der Waals surface area contributed by atoms with Crippen molar-refractivity contribution in [3.05, 3.63) is 70.3 Å². The Hall–Kier alpha value is -2.07. The molecule has 4 heteroatoms. The summed E-state index contributed by atoms with van der Waals surface area (Å²) in [6.45, 7) is 1.97. The lowest BCUT2D eigenvalue weighted by Crippen LogP contribution is -2.03. The zero-order valence-electron chi connectivity index (χ0n) is 11.6. The molecule has 108 valence electrons. The lowest BCUT2D eigenvalue weighted by atomic mass is 10.1. The number of benzene rings is 2. The first-order valence-corrected chi connectivity index (χ1v) is 7.44. The van der Waals surface area contributed by atoms with Gasteiger partial charge >= 0.3 is 0 Å². The highest BCUT2D eigenvalue weighted by molar-refractivity contribution is 9.10. The van der Waals surface area contributed by atoms with Crippen molar-refractivity contribution in [1.82, 2.24) is 0 Å². The van der Waals surface area contributed by atoms with Gasteiger partial charge in [0.15, 0.2) is 5.78 Å². The molecule has 0 unspecified atom stereocenters. The van der Waals surface area contributed by atoms with Gasteiger partial charge in [-0.2, -0.15) is 0 Å². The maximum atomic E-state index is 12.2. The Bertz CT molecular complexity index is 663. The minimum Gasteiger partial charge on any atom is -0.508 e. The molecule has 0 atom stereocenters. The summed E-state index contributed by atoms with van der Waals surface area (Å²) in [5.41, 5.74) is 2.20. The number of phenolic OH excluding ortho intramolecular Hbond substituents is 1. The van der Waals surface area contributed by atoms with Crippen LogP contribution in [0.15, 0.2) is 64.8 Å². The predicted octanol–water partition coefficient (Wildman–Crippen LogP) is 4.74. The number of nitrogens with one attached hydrogen (secondary N) is 1. The van der Waals surface area contributed by atoms with Crippen LogP contribution in [-0.2, 0) is 0 Å². The van der Waals surface area contributed by atoms with Crippen LogP contribution in [0.5, 0.6) is 5.75 Å². The van der Waals surface area contributed by atoms with Crippen LogP contribution in [0.1, 0.15) is 23.7 Å². The van der Waals surface area contributed by atoms with Crippen LogP contribution in [0.25, 0.3) is 0 Å². The molecule has 21 heavy (non-hydrogen) atoms. The molecule has 0 aromatic heterocycles. The third-order valence-corrected chi connectivity index (χ3v) is 3.49. The lowest BCUT2D eigenvalue weighted by molar-refractivity contribution is 0.104. The third-order valence-electron chi connectivity index (χ3n) is 2.97. The molecule has 0 amide bonds. The van der Waals surface area contributed by atoms with Crippen molar-refractivity contribution >= 4 is 27.4 Å². The van der Waals surface area contributed by atoms with Gasteiger partial charge in [0, 0.05) is 33.6 Å². The average molecular weight is 346 g/mol. The Kier molecular flexibility index (Phi) is 5.17. The summed E-state index contributed by atoms with van der Waals surface area (Å²) in [7, 11) is 0. The summed E-state index contributed by atoms with van der Waals surface area (Å²) in [6, 6.07) is 14.1. The number of allylic oxidation sites excluding steroid dienone is 2. The SMILES string of the molecule is CC/C(=C\C(=O)c1ccc(Br)cc1)Nc1cccc(O)c1. The summed E-state index contributed by atoms with van der Waals surface area (Å²) in [5, 5.41) is 12.6. The molecule has 3 nitrogen and oxygen atoms in total. The fraction of sp³-hybridized carbons (Fsp3) is 0.118. The first kappa shape index (κ1) is 15.3. The number of aromatic hydroxyl groups is 1. The molecular formula is C17H16BrNO2. The Labute approximate surface area is 132 Å². The number of anilines is 1. The molecule has 0 radical (unpaired) electrons. The van der Waals surface area contributed by atoms with Crippen LogP contribution in [0.4, 0.5) is 5.69 Å². The van der Waals surface area contributed by atoms with Gasteiger partial charge in [0.05, 0.1) is 0 Å². The average Bonchev–Trinajstić information content (AvgIpc) is 2.47. The highest BCUT2D eigenvalue weighted by Gasteiger charge is 2.05. The van der Waals surface area contributed by atoms with Gasteiger partial charge in [0.2, 0.25) is 0 Å². The Balaban J connectivity index is 2.16. The molecule has 0 fully saturated rings. The molecule has 2 aromatic rings. The van der Waals surface area contributed by atoms with Crippen LogP contribution >= 0.6 is 15.9 Å². The number of hydrogen-bond acceptors (Lipinski definition) is 3. The van der Waals surface area contributed by atoms with Crippen molar-refractivity contribution in [1.29, 1.82) is 0 Å². The first-order chi connectivity index (χ1) is 10.1. The number of phenols is 1. The van der Waals surface area contributed by atoms with E-state index in [1.807, 2.05) is 25.1 Å². The summed E-state index contributed by atoms with van der Waals surface area (Å²) >= 11 is 3.35. The quantitative estimate of drug-likeness (QED) is 0.607. The predicted molar refractivity (Wildman–Crippen MR) is 88.6 cm³/mol. The van der Waals surface area contributed by atoms with E-state index in [0.29, 0.717) is 12.0 Å². The molecule has 2 N–H and O–H groups in total. The van der Waals surface area contributed by atoms with Crippen molar-refractivity contribution in [3.63, 3.8) is 0 Å². The number of rotatable bonds is 5. The van der Waals surface area contributed by atoms with E-state index in [1.165, 1.54) is 0 Å². The van der Waals surface area contributed by atoms with Crippen LogP contribution < -0.4 is 5.32 Å².